The van der Waals surface area contributed by atoms with Gasteiger partial charge < -0.3 is 15.4 Å². The van der Waals surface area contributed by atoms with Crippen LogP contribution >= 0.6 is 0 Å². The minimum atomic E-state index is -0.000153. The van der Waals surface area contributed by atoms with E-state index in [1.165, 1.54) is 6.20 Å². The highest BCUT2D eigenvalue weighted by molar-refractivity contribution is 6.14. The van der Waals surface area contributed by atoms with Gasteiger partial charge in [-0.15, -0.1) is 0 Å². The summed E-state index contributed by atoms with van der Waals surface area (Å²) in [7, 11) is 0. The lowest BCUT2D eigenvalue weighted by molar-refractivity contribution is 0.232. The van der Waals surface area contributed by atoms with Gasteiger partial charge in [0, 0.05) is 48.9 Å². The van der Waals surface area contributed by atoms with Crippen LogP contribution < -0.4 is 15.4 Å². The van der Waals surface area contributed by atoms with E-state index in [9.17, 15) is 0 Å². The van der Waals surface area contributed by atoms with Gasteiger partial charge in [0.05, 0.1) is 29.7 Å². The molecule has 0 amide bonds. The maximum atomic E-state index is 8.63. The van der Waals surface area contributed by atoms with Gasteiger partial charge in [0.2, 0.25) is 5.88 Å². The quantitative estimate of drug-likeness (QED) is 0.640. The number of ether oxygens (including phenoxy) is 1. The second-order valence-corrected chi connectivity index (χ2v) is 7.10. The maximum absolute atomic E-state index is 8.63. The first-order valence-corrected chi connectivity index (χ1v) is 9.23. The van der Waals surface area contributed by atoms with E-state index in [2.05, 4.69) is 20.0 Å². The molecule has 28 heavy (non-hydrogen) atoms. The smallest absolute Gasteiger partial charge is 0.214 e. The van der Waals surface area contributed by atoms with Gasteiger partial charge in [0.1, 0.15) is 5.82 Å². The number of pyridine rings is 2. The summed E-state index contributed by atoms with van der Waals surface area (Å²) in [6.45, 7) is 5.55. The summed E-state index contributed by atoms with van der Waals surface area (Å²) >= 11 is 0. The van der Waals surface area contributed by atoms with E-state index in [1.54, 1.807) is 18.5 Å². The number of aromatic nitrogens is 4. The molecule has 1 aliphatic heterocycles. The van der Waals surface area contributed by atoms with Gasteiger partial charge in [-0.25, -0.2) is 9.97 Å². The van der Waals surface area contributed by atoms with Gasteiger partial charge in [0.25, 0.3) is 0 Å². The molecule has 0 unspecified atom stereocenters. The van der Waals surface area contributed by atoms with E-state index in [0.29, 0.717) is 28.9 Å². The van der Waals surface area contributed by atoms with Gasteiger partial charge in [-0.3, -0.25) is 10.1 Å². The predicted octanol–water partition coefficient (Wildman–Crippen LogP) is 2.52. The predicted molar refractivity (Wildman–Crippen MR) is 108 cm³/mol. The van der Waals surface area contributed by atoms with Crippen LogP contribution in [0.25, 0.3) is 0 Å². The summed E-state index contributed by atoms with van der Waals surface area (Å²) in [5.41, 5.74) is 8.19. The van der Waals surface area contributed by atoms with Crippen molar-refractivity contribution in [1.82, 2.24) is 19.7 Å². The highest BCUT2D eigenvalue weighted by atomic mass is 16.5. The Kier molecular flexibility index (Phi) is 4.68. The van der Waals surface area contributed by atoms with Crippen molar-refractivity contribution in [2.75, 3.05) is 23.7 Å². The second kappa shape index (κ2) is 7.30. The second-order valence-electron chi connectivity index (χ2n) is 7.10. The van der Waals surface area contributed by atoms with Crippen molar-refractivity contribution in [2.45, 2.75) is 26.0 Å². The molecule has 0 radical (unpaired) electrons. The van der Waals surface area contributed by atoms with Crippen molar-refractivity contribution in [3.05, 3.63) is 60.2 Å². The average Bonchev–Trinajstić information content (AvgIpc) is 3.15. The van der Waals surface area contributed by atoms with Crippen molar-refractivity contribution < 1.29 is 4.74 Å². The first kappa shape index (κ1) is 18.0. The average molecular weight is 377 g/mol. The fraction of sp³-hybridized carbons (Fsp3) is 0.300. The first-order valence-electron chi connectivity index (χ1n) is 9.23. The standard InChI is InChI=1S/C20H23N7O/c1-13(2)28-19-9-16(17(21)10-24-19)20(22)14-4-6-23-18(8-14)26-11-15(12-26)27-7-3-5-25-27/h3-10,13,15,22H,11-12,21H2,1-2H3. The molecule has 3 aromatic heterocycles. The topological polar surface area (TPSA) is 106 Å². The fourth-order valence-electron chi connectivity index (χ4n) is 3.18. The van der Waals surface area contributed by atoms with E-state index < -0.39 is 0 Å². The monoisotopic (exact) mass is 377 g/mol. The van der Waals surface area contributed by atoms with Crippen LogP contribution in [0.4, 0.5) is 11.5 Å². The van der Waals surface area contributed by atoms with Gasteiger partial charge in [-0.2, -0.15) is 5.10 Å². The number of nitrogen functional groups attached to an aromatic ring is 1. The summed E-state index contributed by atoms with van der Waals surface area (Å²) in [5.74, 6) is 1.31. The lowest BCUT2D eigenvalue weighted by Crippen LogP contribution is -2.48. The number of anilines is 2. The molecule has 8 nitrogen and oxygen atoms in total. The van der Waals surface area contributed by atoms with Crippen molar-refractivity contribution in [1.29, 1.82) is 5.41 Å². The molecule has 0 aromatic carbocycles. The van der Waals surface area contributed by atoms with Crippen LogP contribution in [0.1, 0.15) is 31.0 Å². The molecule has 0 saturated carbocycles. The molecule has 0 atom stereocenters. The van der Waals surface area contributed by atoms with Crippen LogP contribution in [0.3, 0.4) is 0 Å². The van der Waals surface area contributed by atoms with E-state index in [4.69, 9.17) is 15.9 Å². The molecule has 144 valence electrons. The Hall–Kier alpha value is -3.42. The highest BCUT2D eigenvalue weighted by Crippen LogP contribution is 2.27. The Morgan fingerprint density at radius 3 is 2.79 bits per heavy atom. The Bertz CT molecular complexity index is 978. The van der Waals surface area contributed by atoms with E-state index in [-0.39, 0.29) is 6.10 Å². The molecular weight excluding hydrogens is 354 g/mol. The van der Waals surface area contributed by atoms with Gasteiger partial charge in [0.15, 0.2) is 0 Å². The van der Waals surface area contributed by atoms with Gasteiger partial charge >= 0.3 is 0 Å². The lowest BCUT2D eigenvalue weighted by Gasteiger charge is -2.40. The van der Waals surface area contributed by atoms with Crippen molar-refractivity contribution in [3.8, 4) is 5.88 Å². The van der Waals surface area contributed by atoms with Crippen LogP contribution in [-0.2, 0) is 0 Å². The number of nitrogens with one attached hydrogen (secondary N) is 1. The Morgan fingerprint density at radius 1 is 1.25 bits per heavy atom. The number of nitrogens with two attached hydrogens (primary N) is 1. The molecular formula is C20H23N7O. The first-order chi connectivity index (χ1) is 13.5. The van der Waals surface area contributed by atoms with Crippen LogP contribution in [-0.4, -0.2) is 44.7 Å². The van der Waals surface area contributed by atoms with E-state index in [1.807, 2.05) is 42.9 Å². The van der Waals surface area contributed by atoms with E-state index in [0.717, 1.165) is 24.5 Å². The molecule has 0 bridgehead atoms. The van der Waals surface area contributed by atoms with Gasteiger partial charge in [-0.1, -0.05) is 0 Å². The SMILES string of the molecule is CC(C)Oc1cc(C(=N)c2ccnc(N3CC(n4cccn4)C3)c2)c(N)cn1. The summed E-state index contributed by atoms with van der Waals surface area (Å²) in [4.78, 5) is 10.8. The molecule has 3 N–H and O–H groups in total. The van der Waals surface area contributed by atoms with Crippen LogP contribution in [0.5, 0.6) is 5.88 Å². The highest BCUT2D eigenvalue weighted by Gasteiger charge is 2.29. The third-order valence-electron chi connectivity index (χ3n) is 4.65. The van der Waals surface area contributed by atoms with Crippen molar-refractivity contribution >= 4 is 17.2 Å². The number of hydrogen-bond acceptors (Lipinski definition) is 7. The minimum absolute atomic E-state index is 0.000153. The molecule has 8 heteroatoms. The summed E-state index contributed by atoms with van der Waals surface area (Å²) in [6.07, 6.45) is 7.03. The van der Waals surface area contributed by atoms with Gasteiger partial charge in [-0.05, 0) is 32.0 Å². The summed E-state index contributed by atoms with van der Waals surface area (Å²) in [5, 5.41) is 12.9. The largest absolute Gasteiger partial charge is 0.475 e. The van der Waals surface area contributed by atoms with Crippen LogP contribution in [0.2, 0.25) is 0 Å². The molecule has 4 rings (SSSR count). The van der Waals surface area contributed by atoms with Crippen molar-refractivity contribution in [2.24, 2.45) is 0 Å². The number of nitrogens with zero attached hydrogens (tertiary/aromatic N) is 5. The normalized spacial score (nSPS) is 14.2. The molecule has 1 saturated heterocycles. The molecule has 0 aliphatic carbocycles. The Labute approximate surface area is 163 Å². The number of hydrogen-bond donors (Lipinski definition) is 2. The maximum Gasteiger partial charge on any atom is 0.214 e. The third kappa shape index (κ3) is 3.53. The summed E-state index contributed by atoms with van der Waals surface area (Å²) in [6, 6.07) is 7.74. The Morgan fingerprint density at radius 2 is 2.07 bits per heavy atom. The summed E-state index contributed by atoms with van der Waals surface area (Å²) < 4.78 is 7.61. The lowest BCUT2D eigenvalue weighted by atomic mass is 10.0. The minimum Gasteiger partial charge on any atom is -0.475 e. The zero-order valence-corrected chi connectivity index (χ0v) is 15.9. The van der Waals surface area contributed by atoms with Crippen LogP contribution in [0, 0.1) is 5.41 Å². The Balaban J connectivity index is 1.52. The molecule has 4 heterocycles. The zero-order chi connectivity index (χ0) is 19.7. The number of rotatable bonds is 6. The zero-order valence-electron chi connectivity index (χ0n) is 15.9. The van der Waals surface area contributed by atoms with E-state index >= 15 is 0 Å². The molecule has 0 spiro atoms. The molecule has 3 aromatic rings. The van der Waals surface area contributed by atoms with Crippen LogP contribution in [0.15, 0.2) is 49.1 Å². The molecule has 1 fully saturated rings. The third-order valence-corrected chi connectivity index (χ3v) is 4.65. The van der Waals surface area contributed by atoms with Crippen molar-refractivity contribution in [3.63, 3.8) is 0 Å². The molecule has 1 aliphatic rings. The fourth-order valence-corrected chi connectivity index (χ4v) is 3.18.